The van der Waals surface area contributed by atoms with Gasteiger partial charge < -0.3 is 11.1 Å². The van der Waals surface area contributed by atoms with Crippen LogP contribution < -0.4 is 11.1 Å². The van der Waals surface area contributed by atoms with Crippen LogP contribution in [0.3, 0.4) is 0 Å². The van der Waals surface area contributed by atoms with Gasteiger partial charge in [0.25, 0.3) is 5.91 Å². The third-order valence-electron chi connectivity index (χ3n) is 3.84. The molecule has 6 heteroatoms. The average molecular weight is 318 g/mol. The van der Waals surface area contributed by atoms with E-state index in [2.05, 4.69) is 17.2 Å². The lowest BCUT2D eigenvalue weighted by Gasteiger charge is -2.28. The fraction of sp³-hybridized carbons (Fsp3) is 0.714. The predicted molar refractivity (Wildman–Crippen MR) is 85.4 cm³/mol. The standard InChI is InChI=1S/C14H23N3OS.ClH/c1-2-3-10-4-6-11(7-5-10)16-14(18)12-9-19-13(8-15)17-12;/h9-11H,2-8,15H2,1H3,(H,16,18);1H. The molecule has 0 aromatic carbocycles. The van der Waals surface area contributed by atoms with Crippen LogP contribution in [0.2, 0.25) is 0 Å². The van der Waals surface area contributed by atoms with Crippen molar-refractivity contribution < 1.29 is 4.79 Å². The van der Waals surface area contributed by atoms with Crippen molar-refractivity contribution in [1.29, 1.82) is 0 Å². The number of thiazole rings is 1. The molecule has 2 rings (SSSR count). The molecule has 4 nitrogen and oxygen atoms in total. The zero-order valence-corrected chi connectivity index (χ0v) is 13.6. The molecule has 1 heterocycles. The average Bonchev–Trinajstić information content (AvgIpc) is 2.90. The molecule has 0 radical (unpaired) electrons. The lowest BCUT2D eigenvalue weighted by Crippen LogP contribution is -2.37. The van der Waals surface area contributed by atoms with Gasteiger partial charge in [-0.05, 0) is 31.6 Å². The molecule has 0 unspecified atom stereocenters. The van der Waals surface area contributed by atoms with Crippen LogP contribution in [0, 0.1) is 5.92 Å². The van der Waals surface area contributed by atoms with Crippen molar-refractivity contribution in [2.75, 3.05) is 0 Å². The summed E-state index contributed by atoms with van der Waals surface area (Å²) >= 11 is 1.45. The van der Waals surface area contributed by atoms with E-state index in [1.54, 1.807) is 5.38 Å². The number of nitrogens with zero attached hydrogens (tertiary/aromatic N) is 1. The number of carbonyl (C=O) groups excluding carboxylic acids is 1. The maximum Gasteiger partial charge on any atom is 0.270 e. The molecule has 1 aromatic heterocycles. The van der Waals surface area contributed by atoms with E-state index < -0.39 is 0 Å². The number of hydrogen-bond donors (Lipinski definition) is 2. The first-order chi connectivity index (χ1) is 9.22. The van der Waals surface area contributed by atoms with Crippen LogP contribution in [0.5, 0.6) is 0 Å². The molecular weight excluding hydrogens is 294 g/mol. The first kappa shape index (κ1) is 17.4. The fourth-order valence-electron chi connectivity index (χ4n) is 2.77. The second-order valence-corrected chi connectivity index (χ2v) is 6.25. The van der Waals surface area contributed by atoms with Gasteiger partial charge >= 0.3 is 0 Å². The number of rotatable bonds is 5. The van der Waals surface area contributed by atoms with Crippen LogP contribution in [0.1, 0.15) is 60.9 Å². The summed E-state index contributed by atoms with van der Waals surface area (Å²) in [4.78, 5) is 16.3. The number of halogens is 1. The van der Waals surface area contributed by atoms with Gasteiger partial charge in [-0.2, -0.15) is 0 Å². The quantitative estimate of drug-likeness (QED) is 0.876. The van der Waals surface area contributed by atoms with Crippen LogP contribution in [0.25, 0.3) is 0 Å². The summed E-state index contributed by atoms with van der Waals surface area (Å²) in [6.45, 7) is 2.64. The van der Waals surface area contributed by atoms with E-state index in [0.717, 1.165) is 23.8 Å². The molecule has 1 aliphatic carbocycles. The highest BCUT2D eigenvalue weighted by molar-refractivity contribution is 7.09. The molecule has 1 aromatic rings. The molecular formula is C14H24ClN3OS. The molecule has 20 heavy (non-hydrogen) atoms. The molecule has 1 amide bonds. The number of aromatic nitrogens is 1. The normalized spacial score (nSPS) is 22.1. The molecule has 1 aliphatic rings. The topological polar surface area (TPSA) is 68.0 Å². The van der Waals surface area contributed by atoms with Crippen LogP contribution in [-0.2, 0) is 6.54 Å². The van der Waals surface area contributed by atoms with Crippen LogP contribution in [-0.4, -0.2) is 16.9 Å². The maximum absolute atomic E-state index is 12.0. The van der Waals surface area contributed by atoms with Crippen molar-refractivity contribution in [3.05, 3.63) is 16.1 Å². The third-order valence-corrected chi connectivity index (χ3v) is 4.71. The first-order valence-electron chi connectivity index (χ1n) is 7.18. The summed E-state index contributed by atoms with van der Waals surface area (Å²) in [6.07, 6.45) is 7.28. The minimum absolute atomic E-state index is 0. The van der Waals surface area contributed by atoms with E-state index in [-0.39, 0.29) is 18.3 Å². The summed E-state index contributed by atoms with van der Waals surface area (Å²) in [7, 11) is 0. The minimum Gasteiger partial charge on any atom is -0.348 e. The molecule has 3 N–H and O–H groups in total. The fourth-order valence-corrected chi connectivity index (χ4v) is 3.43. The Morgan fingerprint density at radius 3 is 2.70 bits per heavy atom. The Hall–Kier alpha value is -0.650. The molecule has 1 saturated carbocycles. The molecule has 0 saturated heterocycles. The van der Waals surface area contributed by atoms with Crippen molar-refractivity contribution in [3.8, 4) is 0 Å². The van der Waals surface area contributed by atoms with Gasteiger partial charge in [0.15, 0.2) is 0 Å². The zero-order valence-electron chi connectivity index (χ0n) is 11.9. The van der Waals surface area contributed by atoms with Crippen molar-refractivity contribution in [2.45, 2.75) is 58.0 Å². The highest BCUT2D eigenvalue weighted by atomic mass is 35.5. The second kappa shape index (κ2) is 8.60. The molecule has 0 aliphatic heterocycles. The summed E-state index contributed by atoms with van der Waals surface area (Å²) in [5, 5.41) is 5.71. The van der Waals surface area contributed by atoms with Gasteiger partial charge in [-0.15, -0.1) is 23.7 Å². The van der Waals surface area contributed by atoms with Gasteiger partial charge in [0.1, 0.15) is 10.7 Å². The Labute approximate surface area is 131 Å². The van der Waals surface area contributed by atoms with E-state index in [9.17, 15) is 4.79 Å². The SMILES string of the molecule is CCCC1CCC(NC(=O)c2csc(CN)n2)CC1.Cl. The summed E-state index contributed by atoms with van der Waals surface area (Å²) < 4.78 is 0. The van der Waals surface area contributed by atoms with Gasteiger partial charge in [-0.3, -0.25) is 4.79 Å². The molecule has 1 fully saturated rings. The van der Waals surface area contributed by atoms with E-state index >= 15 is 0 Å². The largest absolute Gasteiger partial charge is 0.348 e. The van der Waals surface area contributed by atoms with Crippen LogP contribution in [0.15, 0.2) is 5.38 Å². The van der Waals surface area contributed by atoms with Crippen LogP contribution >= 0.6 is 23.7 Å². The van der Waals surface area contributed by atoms with Gasteiger partial charge in [0, 0.05) is 18.0 Å². The summed E-state index contributed by atoms with van der Waals surface area (Å²) in [5.41, 5.74) is 6.02. The number of nitrogens with one attached hydrogen (secondary N) is 1. The Kier molecular flexibility index (Phi) is 7.48. The highest BCUT2D eigenvalue weighted by Gasteiger charge is 2.22. The number of amides is 1. The Bertz CT molecular complexity index is 416. The molecule has 0 bridgehead atoms. The zero-order chi connectivity index (χ0) is 13.7. The third kappa shape index (κ3) is 4.72. The number of nitrogens with two attached hydrogens (primary N) is 1. The lowest BCUT2D eigenvalue weighted by atomic mass is 9.83. The van der Waals surface area contributed by atoms with E-state index in [1.165, 1.54) is 37.0 Å². The first-order valence-corrected chi connectivity index (χ1v) is 8.06. The lowest BCUT2D eigenvalue weighted by molar-refractivity contribution is 0.0916. The Morgan fingerprint density at radius 1 is 1.45 bits per heavy atom. The van der Waals surface area contributed by atoms with Crippen molar-refractivity contribution in [1.82, 2.24) is 10.3 Å². The number of carbonyl (C=O) groups is 1. The predicted octanol–water partition coefficient (Wildman–Crippen LogP) is 3.11. The van der Waals surface area contributed by atoms with Gasteiger partial charge in [-0.1, -0.05) is 19.8 Å². The van der Waals surface area contributed by atoms with Crippen molar-refractivity contribution >= 4 is 29.7 Å². The van der Waals surface area contributed by atoms with E-state index in [4.69, 9.17) is 5.73 Å². The van der Waals surface area contributed by atoms with E-state index in [0.29, 0.717) is 18.3 Å². The highest BCUT2D eigenvalue weighted by Crippen LogP contribution is 2.27. The van der Waals surface area contributed by atoms with Gasteiger partial charge in [-0.25, -0.2) is 4.98 Å². The van der Waals surface area contributed by atoms with Crippen molar-refractivity contribution in [3.63, 3.8) is 0 Å². The minimum atomic E-state index is -0.0464. The summed E-state index contributed by atoms with van der Waals surface area (Å²) in [5.74, 6) is 0.816. The van der Waals surface area contributed by atoms with E-state index in [1.807, 2.05) is 0 Å². The summed E-state index contributed by atoms with van der Waals surface area (Å²) in [6, 6.07) is 0.323. The molecule has 0 spiro atoms. The smallest absolute Gasteiger partial charge is 0.270 e. The second-order valence-electron chi connectivity index (χ2n) is 5.31. The number of hydrogen-bond acceptors (Lipinski definition) is 4. The maximum atomic E-state index is 12.0. The van der Waals surface area contributed by atoms with Gasteiger partial charge in [0.2, 0.25) is 0 Å². The monoisotopic (exact) mass is 317 g/mol. The van der Waals surface area contributed by atoms with Crippen LogP contribution in [0.4, 0.5) is 0 Å². The molecule has 114 valence electrons. The van der Waals surface area contributed by atoms with Gasteiger partial charge in [0.05, 0.1) is 0 Å². The Balaban J connectivity index is 0.00000200. The van der Waals surface area contributed by atoms with Crippen molar-refractivity contribution in [2.24, 2.45) is 11.7 Å². The molecule has 0 atom stereocenters. The Morgan fingerprint density at radius 2 is 2.15 bits per heavy atom.